The van der Waals surface area contributed by atoms with Crippen molar-refractivity contribution in [2.45, 2.75) is 18.9 Å². The first-order valence-electron chi connectivity index (χ1n) is 7.01. The zero-order chi connectivity index (χ0) is 15.4. The predicted molar refractivity (Wildman–Crippen MR) is 81.9 cm³/mol. The molecule has 1 amide bonds. The van der Waals surface area contributed by atoms with E-state index in [9.17, 15) is 4.79 Å². The third kappa shape index (κ3) is 3.19. The molecule has 0 unspecified atom stereocenters. The molecule has 5 nitrogen and oxygen atoms in total. The molecule has 0 aliphatic carbocycles. The summed E-state index contributed by atoms with van der Waals surface area (Å²) in [6.07, 6.45) is 3.23. The van der Waals surface area contributed by atoms with Gasteiger partial charge < -0.3 is 20.1 Å². The van der Waals surface area contributed by atoms with E-state index in [2.05, 4.69) is 6.58 Å². The van der Waals surface area contributed by atoms with Crippen molar-refractivity contribution >= 4 is 5.91 Å². The van der Waals surface area contributed by atoms with Crippen LogP contribution in [0.25, 0.3) is 0 Å². The summed E-state index contributed by atoms with van der Waals surface area (Å²) in [6.45, 7) is 5.04. The summed E-state index contributed by atoms with van der Waals surface area (Å²) in [7, 11) is 3.15. The molecule has 0 bridgehead atoms. The first-order valence-corrected chi connectivity index (χ1v) is 7.01. The quantitative estimate of drug-likeness (QED) is 0.837. The Kier molecular flexibility index (Phi) is 4.85. The van der Waals surface area contributed by atoms with Gasteiger partial charge in [-0.15, -0.1) is 6.58 Å². The lowest BCUT2D eigenvalue weighted by atomic mass is 10.0. The summed E-state index contributed by atoms with van der Waals surface area (Å²) in [4.78, 5) is 14.3. The fraction of sp³-hybridized carbons (Fsp3) is 0.438. The van der Waals surface area contributed by atoms with Crippen molar-refractivity contribution in [3.63, 3.8) is 0 Å². The lowest BCUT2D eigenvalue weighted by Gasteiger charge is -2.18. The van der Waals surface area contributed by atoms with Gasteiger partial charge in [0.05, 0.1) is 14.2 Å². The summed E-state index contributed by atoms with van der Waals surface area (Å²) >= 11 is 0. The maximum atomic E-state index is 12.6. The van der Waals surface area contributed by atoms with Crippen LogP contribution in [0, 0.1) is 0 Å². The maximum Gasteiger partial charge on any atom is 0.254 e. The van der Waals surface area contributed by atoms with Crippen LogP contribution in [0.5, 0.6) is 11.5 Å². The van der Waals surface area contributed by atoms with Crippen molar-refractivity contribution in [3.8, 4) is 11.5 Å². The first kappa shape index (κ1) is 15.4. The van der Waals surface area contributed by atoms with Crippen LogP contribution in [0.1, 0.15) is 22.3 Å². The first-order chi connectivity index (χ1) is 10.1. The SMILES string of the molecule is C=CCc1cc(C(=O)N2CC[C@@H](N)C2)cc(OC)c1OC. The van der Waals surface area contributed by atoms with E-state index < -0.39 is 0 Å². The molecular formula is C16H22N2O3. The normalized spacial score (nSPS) is 17.7. The highest BCUT2D eigenvalue weighted by atomic mass is 16.5. The second-order valence-electron chi connectivity index (χ2n) is 5.16. The number of carbonyl (C=O) groups is 1. The zero-order valence-corrected chi connectivity index (χ0v) is 12.6. The van der Waals surface area contributed by atoms with Crippen molar-refractivity contribution in [2.24, 2.45) is 5.73 Å². The fourth-order valence-electron chi connectivity index (χ4n) is 2.63. The number of allylic oxidation sites excluding steroid dienone is 1. The van der Waals surface area contributed by atoms with Gasteiger partial charge in [-0.3, -0.25) is 4.79 Å². The molecule has 1 aliphatic rings. The van der Waals surface area contributed by atoms with Crippen molar-refractivity contribution < 1.29 is 14.3 Å². The van der Waals surface area contributed by atoms with Gasteiger partial charge in [0.25, 0.3) is 5.91 Å². The Balaban J connectivity index is 2.37. The molecule has 1 saturated heterocycles. The molecule has 0 saturated carbocycles. The van der Waals surface area contributed by atoms with Gasteiger partial charge in [-0.1, -0.05) is 6.08 Å². The molecule has 1 aromatic rings. The summed E-state index contributed by atoms with van der Waals surface area (Å²) in [5.74, 6) is 1.19. The summed E-state index contributed by atoms with van der Waals surface area (Å²) < 4.78 is 10.7. The number of amides is 1. The topological polar surface area (TPSA) is 64.8 Å². The van der Waals surface area contributed by atoms with Crippen LogP contribution in [-0.4, -0.2) is 44.2 Å². The van der Waals surface area contributed by atoms with E-state index in [1.54, 1.807) is 31.3 Å². The van der Waals surface area contributed by atoms with Crippen LogP contribution in [0.4, 0.5) is 0 Å². The standard InChI is InChI=1S/C16H22N2O3/c1-4-5-11-8-12(9-14(20-2)15(11)21-3)16(19)18-7-6-13(17)10-18/h4,8-9,13H,1,5-7,10,17H2,2-3H3/t13-/m1/s1. The van der Waals surface area contributed by atoms with Gasteiger partial charge in [0.1, 0.15) is 0 Å². The predicted octanol–water partition coefficient (Wildman–Crippen LogP) is 1.61. The smallest absolute Gasteiger partial charge is 0.254 e. The van der Waals surface area contributed by atoms with Gasteiger partial charge in [-0.25, -0.2) is 0 Å². The molecule has 2 rings (SSSR count). The second-order valence-corrected chi connectivity index (χ2v) is 5.16. The number of benzene rings is 1. The summed E-state index contributed by atoms with van der Waals surface area (Å²) in [5.41, 5.74) is 7.35. The average molecular weight is 290 g/mol. The van der Waals surface area contributed by atoms with Crippen molar-refractivity contribution in [3.05, 3.63) is 35.9 Å². The van der Waals surface area contributed by atoms with E-state index >= 15 is 0 Å². The molecule has 2 N–H and O–H groups in total. The van der Waals surface area contributed by atoms with E-state index in [4.69, 9.17) is 15.2 Å². The van der Waals surface area contributed by atoms with Crippen LogP contribution in [0.2, 0.25) is 0 Å². The molecule has 1 atom stereocenters. The molecule has 1 aromatic carbocycles. The van der Waals surface area contributed by atoms with Gasteiger partial charge in [0.2, 0.25) is 0 Å². The van der Waals surface area contributed by atoms with Gasteiger partial charge in [-0.2, -0.15) is 0 Å². The molecule has 5 heteroatoms. The minimum atomic E-state index is -0.0192. The van der Waals surface area contributed by atoms with E-state index in [0.717, 1.165) is 12.0 Å². The minimum absolute atomic E-state index is 0.0192. The average Bonchev–Trinajstić information content (AvgIpc) is 2.92. The summed E-state index contributed by atoms with van der Waals surface area (Å²) in [6, 6.07) is 3.63. The van der Waals surface area contributed by atoms with Crippen LogP contribution < -0.4 is 15.2 Å². The number of rotatable bonds is 5. The lowest BCUT2D eigenvalue weighted by molar-refractivity contribution is 0.0790. The maximum absolute atomic E-state index is 12.6. The van der Waals surface area contributed by atoms with Crippen molar-refractivity contribution in [2.75, 3.05) is 27.3 Å². The largest absolute Gasteiger partial charge is 0.493 e. The van der Waals surface area contributed by atoms with Crippen LogP contribution in [-0.2, 0) is 6.42 Å². The van der Waals surface area contributed by atoms with Crippen LogP contribution in [0.15, 0.2) is 24.8 Å². The highest BCUT2D eigenvalue weighted by molar-refractivity contribution is 5.95. The number of methoxy groups -OCH3 is 2. The fourth-order valence-corrected chi connectivity index (χ4v) is 2.63. The monoisotopic (exact) mass is 290 g/mol. The Morgan fingerprint density at radius 1 is 1.48 bits per heavy atom. The third-order valence-electron chi connectivity index (χ3n) is 3.68. The molecule has 0 radical (unpaired) electrons. The Hall–Kier alpha value is -2.01. The highest BCUT2D eigenvalue weighted by Crippen LogP contribution is 2.33. The molecule has 1 fully saturated rings. The van der Waals surface area contributed by atoms with Crippen LogP contribution >= 0.6 is 0 Å². The third-order valence-corrected chi connectivity index (χ3v) is 3.68. The van der Waals surface area contributed by atoms with Gasteiger partial charge in [0.15, 0.2) is 11.5 Å². The summed E-state index contributed by atoms with van der Waals surface area (Å²) in [5, 5.41) is 0. The molecule has 0 aromatic heterocycles. The minimum Gasteiger partial charge on any atom is -0.493 e. The highest BCUT2D eigenvalue weighted by Gasteiger charge is 2.26. The molecule has 1 aliphatic heterocycles. The Labute approximate surface area is 125 Å². The van der Waals surface area contributed by atoms with Crippen molar-refractivity contribution in [1.82, 2.24) is 4.90 Å². The van der Waals surface area contributed by atoms with Gasteiger partial charge >= 0.3 is 0 Å². The number of carbonyl (C=O) groups excluding carboxylic acids is 1. The Morgan fingerprint density at radius 3 is 2.76 bits per heavy atom. The number of likely N-dealkylation sites (tertiary alicyclic amines) is 1. The number of hydrogen-bond donors (Lipinski definition) is 1. The molecule has 21 heavy (non-hydrogen) atoms. The van der Waals surface area contributed by atoms with E-state index in [1.807, 2.05) is 6.07 Å². The van der Waals surface area contributed by atoms with E-state index in [0.29, 0.717) is 36.6 Å². The Bertz CT molecular complexity index is 543. The van der Waals surface area contributed by atoms with E-state index in [1.165, 1.54) is 0 Å². The molecule has 0 spiro atoms. The van der Waals surface area contributed by atoms with Crippen molar-refractivity contribution in [1.29, 1.82) is 0 Å². The number of nitrogens with zero attached hydrogens (tertiary/aromatic N) is 1. The number of ether oxygens (including phenoxy) is 2. The van der Waals surface area contributed by atoms with E-state index in [-0.39, 0.29) is 11.9 Å². The second kappa shape index (κ2) is 6.63. The molecule has 1 heterocycles. The number of nitrogens with two attached hydrogens (primary N) is 1. The molecular weight excluding hydrogens is 268 g/mol. The van der Waals surface area contributed by atoms with Gasteiger partial charge in [0, 0.05) is 30.3 Å². The zero-order valence-electron chi connectivity index (χ0n) is 12.6. The van der Waals surface area contributed by atoms with Crippen LogP contribution in [0.3, 0.4) is 0 Å². The van der Waals surface area contributed by atoms with Gasteiger partial charge in [-0.05, 0) is 25.0 Å². The molecule has 114 valence electrons. The lowest BCUT2D eigenvalue weighted by Crippen LogP contribution is -2.32. The number of hydrogen-bond acceptors (Lipinski definition) is 4. The Morgan fingerprint density at radius 2 is 2.24 bits per heavy atom.